The first-order valence-corrected chi connectivity index (χ1v) is 6.86. The van der Waals surface area contributed by atoms with Gasteiger partial charge in [-0.3, -0.25) is 0 Å². The first kappa shape index (κ1) is 15.2. The van der Waals surface area contributed by atoms with Gasteiger partial charge in [-0.15, -0.1) is 13.2 Å². The maximum atomic E-state index is 12.5. The van der Waals surface area contributed by atoms with Gasteiger partial charge in [-0.2, -0.15) is 0 Å². The van der Waals surface area contributed by atoms with Gasteiger partial charge in [0.15, 0.2) is 0 Å². The van der Waals surface area contributed by atoms with Crippen molar-refractivity contribution in [3.8, 4) is 5.75 Å². The van der Waals surface area contributed by atoms with E-state index in [0.717, 1.165) is 12.8 Å². The van der Waals surface area contributed by atoms with Gasteiger partial charge in [-0.05, 0) is 37.2 Å². The van der Waals surface area contributed by atoms with Crippen LogP contribution < -0.4 is 10.5 Å². The van der Waals surface area contributed by atoms with E-state index in [1.54, 1.807) is 12.1 Å². The highest BCUT2D eigenvalue weighted by Gasteiger charge is 2.41. The van der Waals surface area contributed by atoms with Crippen molar-refractivity contribution in [3.05, 3.63) is 29.8 Å². The summed E-state index contributed by atoms with van der Waals surface area (Å²) in [6, 6.07) is 6.22. The lowest BCUT2D eigenvalue weighted by Crippen LogP contribution is -2.47. The maximum absolute atomic E-state index is 12.5. The smallest absolute Gasteiger partial charge is 0.405 e. The Bertz CT molecular complexity index is 474. The number of ether oxygens (including phenoxy) is 1. The average molecular weight is 287 g/mol. The monoisotopic (exact) mass is 287 g/mol. The van der Waals surface area contributed by atoms with Crippen molar-refractivity contribution in [2.45, 2.75) is 45.0 Å². The van der Waals surface area contributed by atoms with Gasteiger partial charge in [0.2, 0.25) is 0 Å². The number of alkyl halides is 3. The molecule has 1 aromatic carbocycles. The molecule has 112 valence electrons. The molecule has 5 heteroatoms. The predicted octanol–water partition coefficient (Wildman–Crippen LogP) is 4.20. The van der Waals surface area contributed by atoms with Crippen molar-refractivity contribution in [2.24, 2.45) is 17.6 Å². The second kappa shape index (κ2) is 5.28. The van der Waals surface area contributed by atoms with Crippen LogP contribution in [0.2, 0.25) is 0 Å². The van der Waals surface area contributed by atoms with Crippen molar-refractivity contribution < 1.29 is 17.9 Å². The standard InChI is InChI=1S/C15H20F3NO/c1-10-7-8-14(19,11(2)9-10)12-5-3-4-6-13(12)20-15(16,17)18/h3-6,10-11H,7-9,19H2,1-2H3. The summed E-state index contributed by atoms with van der Waals surface area (Å²) >= 11 is 0. The third-order valence-corrected chi connectivity index (χ3v) is 4.30. The van der Waals surface area contributed by atoms with Gasteiger partial charge in [-0.25, -0.2) is 0 Å². The normalized spacial score (nSPS) is 31.1. The number of benzene rings is 1. The lowest BCUT2D eigenvalue weighted by atomic mass is 9.67. The summed E-state index contributed by atoms with van der Waals surface area (Å²) in [5.41, 5.74) is 6.16. The molecule has 3 atom stereocenters. The van der Waals surface area contributed by atoms with Gasteiger partial charge in [0, 0.05) is 11.1 Å². The van der Waals surface area contributed by atoms with Crippen LogP contribution in [0.1, 0.15) is 38.7 Å². The molecule has 20 heavy (non-hydrogen) atoms. The molecule has 1 aromatic rings. The van der Waals surface area contributed by atoms with Crippen LogP contribution in [0.15, 0.2) is 24.3 Å². The molecule has 2 nitrogen and oxygen atoms in total. The molecule has 0 saturated heterocycles. The fraction of sp³-hybridized carbons (Fsp3) is 0.600. The minimum Gasteiger partial charge on any atom is -0.405 e. The fourth-order valence-corrected chi connectivity index (χ4v) is 3.13. The van der Waals surface area contributed by atoms with Crippen LogP contribution in [-0.2, 0) is 5.54 Å². The van der Waals surface area contributed by atoms with Crippen LogP contribution in [0.3, 0.4) is 0 Å². The Morgan fingerprint density at radius 3 is 2.50 bits per heavy atom. The van der Waals surface area contributed by atoms with Crippen LogP contribution in [0.25, 0.3) is 0 Å². The van der Waals surface area contributed by atoms with Crippen molar-refractivity contribution in [1.82, 2.24) is 0 Å². The van der Waals surface area contributed by atoms with E-state index in [1.165, 1.54) is 12.1 Å². The molecule has 1 saturated carbocycles. The minimum absolute atomic E-state index is 0.115. The zero-order valence-corrected chi connectivity index (χ0v) is 11.7. The molecular formula is C15H20F3NO. The first-order valence-electron chi connectivity index (χ1n) is 6.86. The summed E-state index contributed by atoms with van der Waals surface area (Å²) in [4.78, 5) is 0. The Morgan fingerprint density at radius 1 is 1.25 bits per heavy atom. The predicted molar refractivity (Wildman–Crippen MR) is 71.2 cm³/mol. The zero-order valence-electron chi connectivity index (χ0n) is 11.7. The van der Waals surface area contributed by atoms with Gasteiger partial charge in [-0.1, -0.05) is 32.0 Å². The first-order chi connectivity index (χ1) is 9.22. The molecule has 1 aliphatic carbocycles. The van der Waals surface area contributed by atoms with Crippen LogP contribution >= 0.6 is 0 Å². The molecule has 0 heterocycles. The molecule has 0 aliphatic heterocycles. The summed E-state index contributed by atoms with van der Waals surface area (Å²) in [6.45, 7) is 4.15. The number of hydrogen-bond donors (Lipinski definition) is 1. The van der Waals surface area contributed by atoms with E-state index in [9.17, 15) is 13.2 Å². The second-order valence-electron chi connectivity index (χ2n) is 5.86. The average Bonchev–Trinajstić information content (AvgIpc) is 2.33. The molecular weight excluding hydrogens is 267 g/mol. The van der Waals surface area contributed by atoms with Crippen molar-refractivity contribution in [2.75, 3.05) is 0 Å². The van der Waals surface area contributed by atoms with Gasteiger partial charge >= 0.3 is 6.36 Å². The van der Waals surface area contributed by atoms with E-state index in [2.05, 4.69) is 11.7 Å². The topological polar surface area (TPSA) is 35.2 Å². The third kappa shape index (κ3) is 3.08. The van der Waals surface area contributed by atoms with Crippen LogP contribution in [0, 0.1) is 11.8 Å². The van der Waals surface area contributed by atoms with E-state index in [4.69, 9.17) is 5.73 Å². The molecule has 1 fully saturated rings. The molecule has 0 bridgehead atoms. The summed E-state index contributed by atoms with van der Waals surface area (Å²) < 4.78 is 41.7. The highest BCUT2D eigenvalue weighted by atomic mass is 19.4. The van der Waals surface area contributed by atoms with E-state index >= 15 is 0 Å². The lowest BCUT2D eigenvalue weighted by molar-refractivity contribution is -0.275. The molecule has 0 amide bonds. The molecule has 0 aromatic heterocycles. The third-order valence-electron chi connectivity index (χ3n) is 4.30. The summed E-state index contributed by atoms with van der Waals surface area (Å²) in [5.74, 6) is 0.491. The number of halogens is 3. The van der Waals surface area contributed by atoms with Crippen molar-refractivity contribution in [3.63, 3.8) is 0 Å². The Balaban J connectivity index is 2.36. The van der Waals surface area contributed by atoms with Gasteiger partial charge < -0.3 is 10.5 Å². The Hall–Kier alpha value is -1.23. The quantitative estimate of drug-likeness (QED) is 0.885. The van der Waals surface area contributed by atoms with Crippen LogP contribution in [-0.4, -0.2) is 6.36 Å². The largest absolute Gasteiger partial charge is 0.573 e. The van der Waals surface area contributed by atoms with E-state index in [0.29, 0.717) is 17.9 Å². The molecule has 0 radical (unpaired) electrons. The maximum Gasteiger partial charge on any atom is 0.573 e. The van der Waals surface area contributed by atoms with E-state index in [1.807, 2.05) is 6.92 Å². The molecule has 3 unspecified atom stereocenters. The number of hydrogen-bond acceptors (Lipinski definition) is 2. The fourth-order valence-electron chi connectivity index (χ4n) is 3.13. The van der Waals surface area contributed by atoms with E-state index < -0.39 is 11.9 Å². The highest BCUT2D eigenvalue weighted by Crippen LogP contribution is 2.45. The molecule has 1 aliphatic rings. The summed E-state index contributed by atoms with van der Waals surface area (Å²) in [5, 5.41) is 0. The van der Waals surface area contributed by atoms with Gasteiger partial charge in [0.25, 0.3) is 0 Å². The number of rotatable bonds is 2. The molecule has 2 rings (SSSR count). The van der Waals surface area contributed by atoms with Crippen molar-refractivity contribution >= 4 is 0 Å². The zero-order chi connectivity index (χ0) is 15.0. The van der Waals surface area contributed by atoms with Crippen LogP contribution in [0.5, 0.6) is 5.75 Å². The lowest BCUT2D eigenvalue weighted by Gasteiger charge is -2.43. The number of nitrogens with two attached hydrogens (primary N) is 1. The van der Waals surface area contributed by atoms with Crippen LogP contribution in [0.4, 0.5) is 13.2 Å². The van der Waals surface area contributed by atoms with E-state index in [-0.39, 0.29) is 11.7 Å². The highest BCUT2D eigenvalue weighted by molar-refractivity contribution is 5.40. The minimum atomic E-state index is -4.70. The Kier molecular flexibility index (Phi) is 4.00. The Labute approximate surface area is 117 Å². The van der Waals surface area contributed by atoms with Gasteiger partial charge in [0.05, 0.1) is 0 Å². The number of para-hydroxylation sites is 1. The Morgan fingerprint density at radius 2 is 1.90 bits per heavy atom. The molecule has 0 spiro atoms. The SMILES string of the molecule is CC1CCC(N)(c2ccccc2OC(F)(F)F)C(C)C1. The second-order valence-corrected chi connectivity index (χ2v) is 5.86. The molecule has 2 N–H and O–H groups in total. The summed E-state index contributed by atoms with van der Waals surface area (Å²) in [6.07, 6.45) is -2.19. The van der Waals surface area contributed by atoms with Gasteiger partial charge in [0.1, 0.15) is 5.75 Å². The summed E-state index contributed by atoms with van der Waals surface area (Å²) in [7, 11) is 0. The van der Waals surface area contributed by atoms with Crippen molar-refractivity contribution in [1.29, 1.82) is 0 Å².